The van der Waals surface area contributed by atoms with E-state index < -0.39 is 0 Å². The SMILES string of the molecule is C.Cc1c(OC2CCC2)ccc(NC(=O)c2csc(-c3ccnnc3)n2)c1N1CCC[C@@H](CN)C1. The summed E-state index contributed by atoms with van der Waals surface area (Å²) in [5.74, 6) is 1.11. The molecule has 5 rings (SSSR count). The molecule has 1 saturated heterocycles. The van der Waals surface area contributed by atoms with E-state index in [2.05, 4.69) is 32.3 Å². The second-order valence-corrected chi connectivity index (χ2v) is 9.93. The fourth-order valence-corrected chi connectivity index (χ4v) is 5.35. The molecule has 9 heteroatoms. The number of anilines is 2. The number of nitrogens with two attached hydrogens (primary N) is 1. The molecule has 2 aliphatic rings. The molecule has 3 heterocycles. The number of piperidine rings is 1. The number of benzene rings is 1. The molecule has 1 aromatic carbocycles. The minimum absolute atomic E-state index is 0. The summed E-state index contributed by atoms with van der Waals surface area (Å²) < 4.78 is 6.28. The molecule has 1 amide bonds. The molecule has 0 unspecified atom stereocenters. The van der Waals surface area contributed by atoms with Gasteiger partial charge in [-0.3, -0.25) is 4.79 Å². The van der Waals surface area contributed by atoms with Gasteiger partial charge in [-0.2, -0.15) is 10.2 Å². The number of aromatic nitrogens is 3. The first kappa shape index (κ1) is 25.1. The first-order valence-corrected chi connectivity index (χ1v) is 12.8. The summed E-state index contributed by atoms with van der Waals surface area (Å²) in [6.45, 7) is 4.56. The molecule has 35 heavy (non-hydrogen) atoms. The van der Waals surface area contributed by atoms with Crippen LogP contribution < -0.4 is 20.7 Å². The number of ether oxygens (including phenoxy) is 1. The lowest BCUT2D eigenvalue weighted by Crippen LogP contribution is -2.39. The minimum Gasteiger partial charge on any atom is -0.490 e. The summed E-state index contributed by atoms with van der Waals surface area (Å²) in [6, 6.07) is 5.77. The van der Waals surface area contributed by atoms with E-state index >= 15 is 0 Å². The largest absolute Gasteiger partial charge is 0.490 e. The van der Waals surface area contributed by atoms with Crippen LogP contribution in [0.15, 0.2) is 36.0 Å². The number of nitrogens with zero attached hydrogens (tertiary/aromatic N) is 4. The number of hydrogen-bond acceptors (Lipinski definition) is 8. The quantitative estimate of drug-likeness (QED) is 0.481. The molecule has 8 nitrogen and oxygen atoms in total. The third kappa shape index (κ3) is 5.46. The van der Waals surface area contributed by atoms with Gasteiger partial charge in [0.2, 0.25) is 0 Å². The third-order valence-electron chi connectivity index (χ3n) is 6.71. The van der Waals surface area contributed by atoms with Crippen molar-refractivity contribution in [2.75, 3.05) is 29.9 Å². The van der Waals surface area contributed by atoms with Gasteiger partial charge >= 0.3 is 0 Å². The van der Waals surface area contributed by atoms with Gasteiger partial charge in [0.15, 0.2) is 0 Å². The molecular weight excluding hydrogens is 460 g/mol. The minimum atomic E-state index is -0.231. The number of nitrogens with one attached hydrogen (secondary N) is 1. The fraction of sp³-hybridized carbons (Fsp3) is 0.462. The van der Waals surface area contributed by atoms with Crippen LogP contribution in [0.25, 0.3) is 10.6 Å². The van der Waals surface area contributed by atoms with Crippen LogP contribution in [0.2, 0.25) is 0 Å². The van der Waals surface area contributed by atoms with Gasteiger partial charge in [0.05, 0.1) is 29.9 Å². The maximum absolute atomic E-state index is 13.2. The predicted octanol–water partition coefficient (Wildman–Crippen LogP) is 4.90. The van der Waals surface area contributed by atoms with E-state index in [0.29, 0.717) is 24.3 Å². The standard InChI is InChI=1S/C25H30N6O2S.CH4/c1-16-22(33-19-5-2-6-19)8-7-20(23(16)31-11-3-4-17(12-26)14-31)29-24(32)21-15-34-25(30-21)18-9-10-27-28-13-18;/h7-10,13,15,17,19H,2-6,11-12,14,26H2,1H3,(H,29,32);1H4/t17-;/m0./s1. The van der Waals surface area contributed by atoms with Crippen molar-refractivity contribution in [1.82, 2.24) is 15.2 Å². The Balaban J connectivity index is 0.00000289. The Morgan fingerprint density at radius 3 is 2.80 bits per heavy atom. The van der Waals surface area contributed by atoms with Crippen molar-refractivity contribution in [1.29, 1.82) is 0 Å². The monoisotopic (exact) mass is 494 g/mol. The predicted molar refractivity (Wildman–Crippen MR) is 141 cm³/mol. The van der Waals surface area contributed by atoms with Crippen molar-refractivity contribution in [3.63, 3.8) is 0 Å². The lowest BCUT2D eigenvalue weighted by atomic mass is 9.95. The van der Waals surface area contributed by atoms with Crippen LogP contribution in [-0.2, 0) is 0 Å². The van der Waals surface area contributed by atoms with Gasteiger partial charge in [0.25, 0.3) is 5.91 Å². The smallest absolute Gasteiger partial charge is 0.275 e. The van der Waals surface area contributed by atoms with E-state index in [1.165, 1.54) is 17.8 Å². The Hall–Kier alpha value is -3.04. The van der Waals surface area contributed by atoms with Crippen LogP contribution in [0.3, 0.4) is 0 Å². The number of rotatable bonds is 7. The highest BCUT2D eigenvalue weighted by atomic mass is 32.1. The zero-order valence-electron chi connectivity index (χ0n) is 19.4. The average Bonchev–Trinajstić information content (AvgIpc) is 3.34. The Morgan fingerprint density at radius 1 is 1.23 bits per heavy atom. The molecule has 0 radical (unpaired) electrons. The summed E-state index contributed by atoms with van der Waals surface area (Å²) in [7, 11) is 0. The second kappa shape index (κ2) is 11.1. The summed E-state index contributed by atoms with van der Waals surface area (Å²) in [4.78, 5) is 20.1. The Kier molecular flexibility index (Phi) is 7.97. The van der Waals surface area contributed by atoms with E-state index in [-0.39, 0.29) is 13.3 Å². The molecule has 3 N–H and O–H groups in total. The van der Waals surface area contributed by atoms with Gasteiger partial charge in [-0.05, 0) is 69.7 Å². The highest BCUT2D eigenvalue weighted by Crippen LogP contribution is 2.40. The molecule has 0 spiro atoms. The Labute approximate surface area is 210 Å². The van der Waals surface area contributed by atoms with E-state index in [1.807, 2.05) is 18.2 Å². The maximum atomic E-state index is 13.2. The van der Waals surface area contributed by atoms with E-state index in [1.54, 1.807) is 17.8 Å². The summed E-state index contributed by atoms with van der Waals surface area (Å²) in [5.41, 5.74) is 10.1. The summed E-state index contributed by atoms with van der Waals surface area (Å²) in [6.07, 6.45) is 9.20. The normalized spacial score (nSPS) is 17.9. The van der Waals surface area contributed by atoms with Gasteiger partial charge in [0, 0.05) is 29.6 Å². The van der Waals surface area contributed by atoms with Crippen molar-refractivity contribution < 1.29 is 9.53 Å². The van der Waals surface area contributed by atoms with Gasteiger partial charge < -0.3 is 20.7 Å². The second-order valence-electron chi connectivity index (χ2n) is 9.07. The fourth-order valence-electron chi connectivity index (χ4n) is 4.56. The highest BCUT2D eigenvalue weighted by molar-refractivity contribution is 7.13. The molecule has 1 atom stereocenters. The molecular formula is C26H34N6O2S. The topological polar surface area (TPSA) is 106 Å². The van der Waals surface area contributed by atoms with Gasteiger partial charge in [0.1, 0.15) is 16.5 Å². The van der Waals surface area contributed by atoms with E-state index in [9.17, 15) is 4.79 Å². The molecule has 1 saturated carbocycles. The number of thiazole rings is 1. The van der Waals surface area contributed by atoms with Gasteiger partial charge in [-0.25, -0.2) is 4.98 Å². The number of carbonyl (C=O) groups is 1. The zero-order chi connectivity index (χ0) is 23.5. The molecule has 1 aliphatic heterocycles. The van der Waals surface area contributed by atoms with Crippen LogP contribution >= 0.6 is 11.3 Å². The number of amides is 1. The summed E-state index contributed by atoms with van der Waals surface area (Å²) >= 11 is 1.41. The van der Waals surface area contributed by atoms with Crippen molar-refractivity contribution in [3.05, 3.63) is 47.2 Å². The number of hydrogen-bond donors (Lipinski definition) is 2. The molecule has 2 aromatic heterocycles. The highest BCUT2D eigenvalue weighted by Gasteiger charge is 2.27. The average molecular weight is 495 g/mol. The lowest BCUT2D eigenvalue weighted by molar-refractivity contribution is 0.102. The summed E-state index contributed by atoms with van der Waals surface area (Å²) in [5, 5.41) is 13.3. The van der Waals surface area contributed by atoms with Gasteiger partial charge in [-0.15, -0.1) is 11.3 Å². The Bertz CT molecular complexity index is 1150. The number of carbonyl (C=O) groups excluding carboxylic acids is 1. The Morgan fingerprint density at radius 2 is 2.09 bits per heavy atom. The van der Waals surface area contributed by atoms with Crippen molar-refractivity contribution in [3.8, 4) is 16.3 Å². The first-order chi connectivity index (χ1) is 16.6. The van der Waals surface area contributed by atoms with Crippen LogP contribution in [-0.4, -0.2) is 46.8 Å². The van der Waals surface area contributed by atoms with Gasteiger partial charge in [-0.1, -0.05) is 7.43 Å². The third-order valence-corrected chi connectivity index (χ3v) is 7.60. The van der Waals surface area contributed by atoms with Crippen molar-refractivity contribution >= 4 is 28.6 Å². The van der Waals surface area contributed by atoms with Crippen LogP contribution in [0.1, 0.15) is 55.6 Å². The molecule has 0 bridgehead atoms. The van der Waals surface area contributed by atoms with Crippen LogP contribution in [0, 0.1) is 12.8 Å². The first-order valence-electron chi connectivity index (χ1n) is 11.9. The molecule has 3 aromatic rings. The van der Waals surface area contributed by atoms with Crippen molar-refractivity contribution in [2.24, 2.45) is 11.7 Å². The molecule has 1 aliphatic carbocycles. The molecule has 2 fully saturated rings. The van der Waals surface area contributed by atoms with Crippen molar-refractivity contribution in [2.45, 2.75) is 52.6 Å². The van der Waals surface area contributed by atoms with E-state index in [0.717, 1.165) is 72.0 Å². The van der Waals surface area contributed by atoms with Crippen LogP contribution in [0.5, 0.6) is 5.75 Å². The molecule has 186 valence electrons. The van der Waals surface area contributed by atoms with E-state index in [4.69, 9.17) is 10.5 Å². The maximum Gasteiger partial charge on any atom is 0.275 e. The zero-order valence-corrected chi connectivity index (χ0v) is 20.2. The van der Waals surface area contributed by atoms with Crippen LogP contribution in [0.4, 0.5) is 11.4 Å². The lowest BCUT2D eigenvalue weighted by Gasteiger charge is -2.37.